The van der Waals surface area contributed by atoms with Gasteiger partial charge in [-0.1, -0.05) is 92.2 Å². The Hall–Kier alpha value is -5.02. The number of benzene rings is 4. The Bertz CT molecular complexity index is 1810. The molecule has 0 saturated heterocycles. The second kappa shape index (κ2) is 14.2. The minimum absolute atomic E-state index is 0.0196. The van der Waals surface area contributed by atoms with Crippen molar-refractivity contribution in [3.63, 3.8) is 0 Å². The molecule has 0 fully saturated rings. The van der Waals surface area contributed by atoms with Crippen LogP contribution in [0, 0.1) is 16.0 Å². The van der Waals surface area contributed by atoms with Crippen molar-refractivity contribution >= 4 is 39.9 Å². The molecule has 1 N–H and O–H groups in total. The molecule has 1 aromatic heterocycles. The summed E-state index contributed by atoms with van der Waals surface area (Å²) in [6, 6.07) is 27.1. The van der Waals surface area contributed by atoms with E-state index in [1.807, 2.05) is 60.9 Å². The van der Waals surface area contributed by atoms with Gasteiger partial charge in [-0.05, 0) is 39.9 Å². The zero-order valence-electron chi connectivity index (χ0n) is 25.1. The minimum Gasteiger partial charge on any atom is -0.351 e. The number of hydrogen-bond donors (Lipinski definition) is 1. The van der Waals surface area contributed by atoms with Gasteiger partial charge in [0.15, 0.2) is 0 Å². The maximum absolute atomic E-state index is 14.0. The number of halogens is 1. The third-order valence-electron chi connectivity index (χ3n) is 7.84. The zero-order valence-corrected chi connectivity index (χ0v) is 25.9. The predicted molar refractivity (Wildman–Crippen MR) is 175 cm³/mol. The molecule has 0 unspecified atom stereocenters. The van der Waals surface area contributed by atoms with Gasteiger partial charge in [0, 0.05) is 49.7 Å². The van der Waals surface area contributed by atoms with Crippen LogP contribution in [0.3, 0.4) is 0 Å². The highest BCUT2D eigenvalue weighted by molar-refractivity contribution is 6.33. The van der Waals surface area contributed by atoms with Gasteiger partial charge in [0.1, 0.15) is 0 Å². The maximum atomic E-state index is 14.0. The summed E-state index contributed by atoms with van der Waals surface area (Å²) in [6.45, 7) is 5.06. The molecule has 2 amide bonds. The lowest BCUT2D eigenvalue weighted by atomic mass is 10.0. The maximum Gasteiger partial charge on any atom is 0.269 e. The van der Waals surface area contributed by atoms with Gasteiger partial charge in [0.25, 0.3) is 11.6 Å². The summed E-state index contributed by atoms with van der Waals surface area (Å²) in [5.41, 5.74) is 2.97. The first kappa shape index (κ1) is 31.4. The van der Waals surface area contributed by atoms with Crippen molar-refractivity contribution < 1.29 is 14.5 Å². The number of nitrogens with zero attached hydrogens (tertiary/aromatic N) is 4. The van der Waals surface area contributed by atoms with Crippen LogP contribution in [0.15, 0.2) is 104 Å². The molecule has 1 atom stereocenters. The van der Waals surface area contributed by atoms with Gasteiger partial charge in [-0.15, -0.1) is 0 Å². The van der Waals surface area contributed by atoms with Crippen LogP contribution in [0.5, 0.6) is 0 Å². The van der Waals surface area contributed by atoms with Crippen molar-refractivity contribution in [2.24, 2.45) is 5.92 Å². The molecule has 5 aromatic rings. The standard InChI is InChI=1S/C35H34ClN5O4/c1-24(2)33(38-34(42)18-29-19-37-23-40(29)20-25-14-16-28(17-15-25)41(44)45)22-39(35(43)31-12-5-6-13-32(31)36)21-27-10-7-9-26-8-3-4-11-30(26)27/h3-17,19,23-24,33H,18,20-22H2,1-2H3,(H,38,42)/t33-/m1/s1. The highest BCUT2D eigenvalue weighted by Crippen LogP contribution is 2.24. The van der Waals surface area contributed by atoms with E-state index in [2.05, 4.69) is 10.3 Å². The number of nitro groups is 1. The van der Waals surface area contributed by atoms with E-state index in [0.717, 1.165) is 21.9 Å². The van der Waals surface area contributed by atoms with E-state index in [4.69, 9.17) is 11.6 Å². The van der Waals surface area contributed by atoms with Gasteiger partial charge in [-0.25, -0.2) is 4.98 Å². The first-order valence-corrected chi connectivity index (χ1v) is 15.1. The van der Waals surface area contributed by atoms with Gasteiger partial charge in [-0.3, -0.25) is 19.7 Å². The second-order valence-corrected chi connectivity index (χ2v) is 11.7. The highest BCUT2D eigenvalue weighted by Gasteiger charge is 2.26. The largest absolute Gasteiger partial charge is 0.351 e. The first-order valence-electron chi connectivity index (χ1n) is 14.7. The summed E-state index contributed by atoms with van der Waals surface area (Å²) < 4.78 is 1.85. The fourth-order valence-electron chi connectivity index (χ4n) is 5.30. The molecule has 4 aromatic carbocycles. The number of carbonyl (C=O) groups is 2. The average Bonchev–Trinajstić information content (AvgIpc) is 3.46. The summed E-state index contributed by atoms with van der Waals surface area (Å²) in [5, 5.41) is 16.7. The lowest BCUT2D eigenvalue weighted by Crippen LogP contribution is -2.48. The smallest absolute Gasteiger partial charge is 0.269 e. The van der Waals surface area contributed by atoms with Gasteiger partial charge < -0.3 is 14.8 Å². The molecule has 0 aliphatic heterocycles. The summed E-state index contributed by atoms with van der Waals surface area (Å²) >= 11 is 6.46. The van der Waals surface area contributed by atoms with Crippen molar-refractivity contribution in [1.29, 1.82) is 0 Å². The molecule has 1 heterocycles. The molecule has 0 radical (unpaired) electrons. The van der Waals surface area contributed by atoms with Gasteiger partial charge in [0.05, 0.1) is 28.3 Å². The summed E-state index contributed by atoms with van der Waals surface area (Å²) in [7, 11) is 0. The van der Waals surface area contributed by atoms with Crippen LogP contribution in [0.25, 0.3) is 10.8 Å². The lowest BCUT2D eigenvalue weighted by Gasteiger charge is -2.31. The molecule has 45 heavy (non-hydrogen) atoms. The van der Waals surface area contributed by atoms with E-state index in [0.29, 0.717) is 29.4 Å². The molecule has 10 heteroatoms. The van der Waals surface area contributed by atoms with Gasteiger partial charge in [0.2, 0.25) is 5.91 Å². The van der Waals surface area contributed by atoms with Crippen LogP contribution in [0.2, 0.25) is 5.02 Å². The Morgan fingerprint density at radius 2 is 1.69 bits per heavy atom. The average molecular weight is 624 g/mol. The topological polar surface area (TPSA) is 110 Å². The van der Waals surface area contributed by atoms with Crippen molar-refractivity contribution in [3.8, 4) is 0 Å². The van der Waals surface area contributed by atoms with Gasteiger partial charge in [-0.2, -0.15) is 0 Å². The highest BCUT2D eigenvalue weighted by atomic mass is 35.5. The minimum atomic E-state index is -0.437. The molecule has 0 spiro atoms. The van der Waals surface area contributed by atoms with E-state index >= 15 is 0 Å². The first-order chi connectivity index (χ1) is 21.7. The number of aromatic nitrogens is 2. The Morgan fingerprint density at radius 3 is 2.42 bits per heavy atom. The third-order valence-corrected chi connectivity index (χ3v) is 8.17. The number of hydrogen-bond acceptors (Lipinski definition) is 5. The molecule has 230 valence electrons. The van der Waals surface area contributed by atoms with E-state index < -0.39 is 4.92 Å². The molecule has 0 bridgehead atoms. The molecular weight excluding hydrogens is 590 g/mol. The SMILES string of the molecule is CC(C)[C@@H](CN(Cc1cccc2ccccc12)C(=O)c1ccccc1Cl)NC(=O)Cc1cncn1Cc1ccc([N+](=O)[O-])cc1. The van der Waals surface area contributed by atoms with Crippen molar-refractivity contribution in [3.05, 3.63) is 141 Å². The summed E-state index contributed by atoms with van der Waals surface area (Å²) in [6.07, 6.45) is 3.36. The molecule has 5 rings (SSSR count). The third kappa shape index (κ3) is 7.74. The number of fused-ring (bicyclic) bond motifs is 1. The lowest BCUT2D eigenvalue weighted by molar-refractivity contribution is -0.384. The second-order valence-electron chi connectivity index (χ2n) is 11.3. The quantitative estimate of drug-likeness (QED) is 0.123. The zero-order chi connectivity index (χ0) is 31.9. The molecular formula is C35H34ClN5O4. The van der Waals surface area contributed by atoms with Crippen molar-refractivity contribution in [2.75, 3.05) is 6.54 Å². The van der Waals surface area contributed by atoms with Crippen LogP contribution in [0.4, 0.5) is 5.69 Å². The fourth-order valence-corrected chi connectivity index (χ4v) is 5.52. The fraction of sp³-hybridized carbons (Fsp3) is 0.229. The number of carbonyl (C=O) groups excluding carboxylic acids is 2. The number of amides is 2. The summed E-state index contributed by atoms with van der Waals surface area (Å²) in [4.78, 5) is 43.9. The van der Waals surface area contributed by atoms with Gasteiger partial charge >= 0.3 is 0 Å². The van der Waals surface area contributed by atoms with Crippen LogP contribution in [-0.4, -0.2) is 43.8 Å². The number of nitro benzene ring substituents is 1. The number of rotatable bonds is 12. The monoisotopic (exact) mass is 623 g/mol. The van der Waals surface area contributed by atoms with Crippen LogP contribution < -0.4 is 5.32 Å². The Labute approximate surface area is 266 Å². The van der Waals surface area contributed by atoms with E-state index in [9.17, 15) is 19.7 Å². The number of nitrogens with one attached hydrogen (secondary N) is 1. The number of non-ortho nitro benzene ring substituents is 1. The van der Waals surface area contributed by atoms with E-state index in [1.165, 1.54) is 12.1 Å². The Morgan fingerprint density at radius 1 is 0.978 bits per heavy atom. The number of imidazole rings is 1. The molecule has 0 aliphatic rings. The van der Waals surface area contributed by atoms with E-state index in [1.54, 1.807) is 53.8 Å². The molecule has 0 aliphatic carbocycles. The van der Waals surface area contributed by atoms with Crippen molar-refractivity contribution in [1.82, 2.24) is 19.8 Å². The van der Waals surface area contributed by atoms with Crippen LogP contribution in [-0.2, 0) is 24.3 Å². The predicted octanol–water partition coefficient (Wildman–Crippen LogP) is 6.67. The van der Waals surface area contributed by atoms with E-state index in [-0.39, 0.29) is 42.4 Å². The molecule has 9 nitrogen and oxygen atoms in total. The van der Waals surface area contributed by atoms with Crippen LogP contribution >= 0.6 is 11.6 Å². The normalized spacial score (nSPS) is 11.8. The van der Waals surface area contributed by atoms with Crippen molar-refractivity contribution in [2.45, 2.75) is 39.4 Å². The molecule has 0 saturated carbocycles. The summed E-state index contributed by atoms with van der Waals surface area (Å²) in [5.74, 6) is -0.392. The Kier molecular flexibility index (Phi) is 9.89. The van der Waals surface area contributed by atoms with Crippen LogP contribution in [0.1, 0.15) is 41.0 Å². The Balaban J connectivity index is 1.34.